The number of aliphatic hydroxyl groups is 1. The first-order valence-corrected chi connectivity index (χ1v) is 10.4. The number of fused-ring (bicyclic) bond motifs is 1. The molecule has 2 atom stereocenters. The highest BCUT2D eigenvalue weighted by molar-refractivity contribution is 5.95. The minimum Gasteiger partial charge on any atom is -0.460 e. The molecule has 9 nitrogen and oxygen atoms in total. The van der Waals surface area contributed by atoms with Crippen molar-refractivity contribution in [2.45, 2.75) is 18.3 Å². The van der Waals surface area contributed by atoms with Crippen molar-refractivity contribution >= 4 is 28.5 Å². The number of anilines is 1. The lowest BCUT2D eigenvalue weighted by Gasteiger charge is -2.15. The third-order valence-electron chi connectivity index (χ3n) is 5.45. The van der Waals surface area contributed by atoms with E-state index in [2.05, 4.69) is 4.98 Å². The number of nitrogens with two attached hydrogens (primary N) is 1. The lowest BCUT2D eigenvalue weighted by Crippen LogP contribution is -2.37. The monoisotopic (exact) mass is 491 g/mol. The molecule has 12 heteroatoms. The molecule has 2 heterocycles. The van der Waals surface area contributed by atoms with E-state index in [1.165, 1.54) is 47.4 Å². The molecule has 0 radical (unpaired) electrons. The van der Waals surface area contributed by atoms with Gasteiger partial charge in [-0.15, -0.1) is 0 Å². The predicted octanol–water partition coefficient (Wildman–Crippen LogP) is 2.40. The van der Waals surface area contributed by atoms with Crippen molar-refractivity contribution in [2.24, 2.45) is 5.73 Å². The Balaban J connectivity index is 1.59. The second kappa shape index (κ2) is 9.39. The van der Waals surface area contributed by atoms with Gasteiger partial charge in [0.15, 0.2) is 6.10 Å². The molecule has 4 N–H and O–H groups in total. The number of alkyl halides is 3. The smallest absolute Gasteiger partial charge is 0.417 e. The quantitative estimate of drug-likeness (QED) is 0.451. The van der Waals surface area contributed by atoms with E-state index < -0.39 is 48.1 Å². The normalized spacial score (nSPS) is 16.9. The van der Waals surface area contributed by atoms with Crippen LogP contribution in [-0.4, -0.2) is 54.1 Å². The molecule has 2 aromatic carbocycles. The summed E-state index contributed by atoms with van der Waals surface area (Å²) in [5.41, 5.74) is 4.01. The molecular weight excluding hydrogens is 471 g/mol. The molecule has 0 saturated carbocycles. The summed E-state index contributed by atoms with van der Waals surface area (Å²) in [5.74, 6) is -0.845. The number of nitrogens with zero attached hydrogens (tertiary/aromatic N) is 1. The molecule has 0 spiro atoms. The molecule has 1 aliphatic heterocycles. The lowest BCUT2D eigenvalue weighted by molar-refractivity contribution is -0.148. The number of rotatable bonds is 6. The maximum absolute atomic E-state index is 13.4. The Hall–Kier alpha value is -3.90. The number of H-pyrrole nitrogens is 1. The number of cyclic esters (lactones) is 1. The Labute approximate surface area is 195 Å². The highest BCUT2D eigenvalue weighted by atomic mass is 19.4. The molecule has 0 bridgehead atoms. The number of aliphatic hydroxyl groups excluding tert-OH is 1. The number of carbonyl (C=O) groups excluding carboxylic acids is 2. The zero-order chi connectivity index (χ0) is 25.3. The fourth-order valence-corrected chi connectivity index (χ4v) is 3.70. The molecule has 1 aromatic heterocycles. The van der Waals surface area contributed by atoms with E-state index in [1.54, 1.807) is 0 Å². The summed E-state index contributed by atoms with van der Waals surface area (Å²) in [4.78, 5) is 40.4. The highest BCUT2D eigenvalue weighted by Gasteiger charge is 2.35. The van der Waals surface area contributed by atoms with Crippen LogP contribution in [-0.2, 0) is 20.4 Å². The van der Waals surface area contributed by atoms with E-state index in [4.69, 9.17) is 20.3 Å². The topological polar surface area (TPSA) is 135 Å². The van der Waals surface area contributed by atoms with Crippen LogP contribution < -0.4 is 16.2 Å². The van der Waals surface area contributed by atoms with E-state index in [-0.39, 0.29) is 29.8 Å². The number of pyridine rings is 1. The number of amides is 1. The van der Waals surface area contributed by atoms with Gasteiger partial charge >= 0.3 is 18.2 Å². The summed E-state index contributed by atoms with van der Waals surface area (Å²) in [6.45, 7) is -0.851. The van der Waals surface area contributed by atoms with Gasteiger partial charge in [0, 0.05) is 22.3 Å². The number of halogens is 3. The number of aromatic nitrogens is 1. The summed E-state index contributed by atoms with van der Waals surface area (Å²) < 4.78 is 50.3. The molecule has 3 aromatic rings. The standard InChI is InChI=1S/C23H20F3N3O6/c24-23(25,26)17-4-2-1-3-15(17)19-7-12-5-6-13(8-16(12)20(31)28-19)29-9-14(35-22(29)33)11-34-21(32)18(27)10-30/h1-8,14,18,30H,9-11,27H2,(H,28,31)/t14-,18+/m1/s1. The van der Waals surface area contributed by atoms with Crippen molar-refractivity contribution in [3.05, 3.63) is 64.4 Å². The first-order valence-electron chi connectivity index (χ1n) is 10.4. The van der Waals surface area contributed by atoms with Crippen LogP contribution in [0.1, 0.15) is 5.56 Å². The predicted molar refractivity (Wildman–Crippen MR) is 119 cm³/mol. The molecule has 0 aliphatic carbocycles. The van der Waals surface area contributed by atoms with Crippen LogP contribution in [0.4, 0.5) is 23.7 Å². The molecule has 184 valence electrons. The number of hydrogen-bond acceptors (Lipinski definition) is 7. The van der Waals surface area contributed by atoms with Crippen molar-refractivity contribution in [2.75, 3.05) is 24.7 Å². The van der Waals surface area contributed by atoms with E-state index in [1.807, 2.05) is 0 Å². The number of nitrogens with one attached hydrogen (secondary N) is 1. The third kappa shape index (κ3) is 4.98. The van der Waals surface area contributed by atoms with E-state index in [0.29, 0.717) is 11.1 Å². The van der Waals surface area contributed by atoms with Gasteiger partial charge in [0.2, 0.25) is 0 Å². The summed E-state index contributed by atoms with van der Waals surface area (Å²) in [7, 11) is 0. The van der Waals surface area contributed by atoms with Crippen LogP contribution in [0.5, 0.6) is 0 Å². The van der Waals surface area contributed by atoms with Gasteiger partial charge < -0.3 is 25.3 Å². The second-order valence-electron chi connectivity index (χ2n) is 7.86. The van der Waals surface area contributed by atoms with Crippen molar-refractivity contribution in [1.29, 1.82) is 0 Å². The summed E-state index contributed by atoms with van der Waals surface area (Å²) >= 11 is 0. The van der Waals surface area contributed by atoms with E-state index in [9.17, 15) is 27.6 Å². The first-order chi connectivity index (χ1) is 16.6. The van der Waals surface area contributed by atoms with Crippen LogP contribution in [0.3, 0.4) is 0 Å². The summed E-state index contributed by atoms with van der Waals surface area (Å²) in [6.07, 6.45) is -6.13. The zero-order valence-electron chi connectivity index (χ0n) is 18.0. The van der Waals surface area contributed by atoms with Crippen LogP contribution in [0.2, 0.25) is 0 Å². The number of ether oxygens (including phenoxy) is 2. The Morgan fingerprint density at radius 3 is 2.69 bits per heavy atom. The molecule has 1 amide bonds. The van der Waals surface area contributed by atoms with Crippen molar-refractivity contribution in [3.63, 3.8) is 0 Å². The van der Waals surface area contributed by atoms with Gasteiger partial charge in [-0.25, -0.2) is 4.79 Å². The Bertz CT molecular complexity index is 1340. The Kier molecular flexibility index (Phi) is 6.50. The van der Waals surface area contributed by atoms with Crippen molar-refractivity contribution < 1.29 is 37.3 Å². The van der Waals surface area contributed by atoms with Crippen LogP contribution in [0.15, 0.2) is 53.3 Å². The SMILES string of the molecule is N[C@@H](CO)C(=O)OC[C@H]1CN(c2ccc3cc(-c4ccccc4C(F)(F)F)[nH]c(=O)c3c2)C(=O)O1. The lowest BCUT2D eigenvalue weighted by atomic mass is 10.0. The highest BCUT2D eigenvalue weighted by Crippen LogP contribution is 2.36. The molecule has 1 saturated heterocycles. The number of esters is 1. The maximum atomic E-state index is 13.4. The maximum Gasteiger partial charge on any atom is 0.417 e. The van der Waals surface area contributed by atoms with Crippen LogP contribution in [0.25, 0.3) is 22.0 Å². The fourth-order valence-electron chi connectivity index (χ4n) is 3.70. The third-order valence-corrected chi connectivity index (χ3v) is 5.45. The van der Waals surface area contributed by atoms with E-state index in [0.717, 1.165) is 6.07 Å². The largest absolute Gasteiger partial charge is 0.460 e. The van der Waals surface area contributed by atoms with Crippen molar-refractivity contribution in [3.8, 4) is 11.3 Å². The van der Waals surface area contributed by atoms with Gasteiger partial charge in [-0.1, -0.05) is 24.3 Å². The van der Waals surface area contributed by atoms with Crippen LogP contribution in [0, 0.1) is 0 Å². The molecule has 1 aliphatic rings. The van der Waals surface area contributed by atoms with Gasteiger partial charge in [0.05, 0.1) is 18.7 Å². The first kappa shape index (κ1) is 24.2. The average molecular weight is 491 g/mol. The molecule has 0 unspecified atom stereocenters. The van der Waals surface area contributed by atoms with Gasteiger partial charge in [-0.3, -0.25) is 14.5 Å². The van der Waals surface area contributed by atoms with E-state index >= 15 is 0 Å². The minimum absolute atomic E-state index is 0.00623. The summed E-state index contributed by atoms with van der Waals surface area (Å²) in [6, 6.07) is 9.61. The fraction of sp³-hybridized carbons (Fsp3) is 0.261. The number of carbonyl (C=O) groups is 2. The van der Waals surface area contributed by atoms with Crippen molar-refractivity contribution in [1.82, 2.24) is 4.98 Å². The Morgan fingerprint density at radius 1 is 1.23 bits per heavy atom. The molecular formula is C23H20F3N3O6. The summed E-state index contributed by atoms with van der Waals surface area (Å²) in [5, 5.41) is 9.41. The number of aromatic amines is 1. The Morgan fingerprint density at radius 2 is 1.97 bits per heavy atom. The molecule has 35 heavy (non-hydrogen) atoms. The van der Waals surface area contributed by atoms with Gasteiger partial charge in [-0.2, -0.15) is 13.2 Å². The second-order valence-corrected chi connectivity index (χ2v) is 7.86. The van der Waals surface area contributed by atoms with Gasteiger partial charge in [-0.05, 0) is 29.7 Å². The van der Waals surface area contributed by atoms with Gasteiger partial charge in [0.25, 0.3) is 5.56 Å². The number of benzene rings is 2. The zero-order valence-corrected chi connectivity index (χ0v) is 18.0. The van der Waals surface area contributed by atoms with Gasteiger partial charge in [0.1, 0.15) is 12.6 Å². The number of hydrogen-bond donors (Lipinski definition) is 3. The molecule has 1 fully saturated rings. The van der Waals surface area contributed by atoms with Crippen LogP contribution >= 0.6 is 0 Å². The molecule has 4 rings (SSSR count). The average Bonchev–Trinajstić information content (AvgIpc) is 3.21. The minimum atomic E-state index is -4.60.